The molecule has 0 aliphatic heterocycles. The van der Waals surface area contributed by atoms with E-state index in [0.717, 1.165) is 0 Å². The molecule has 11 rings (SSSR count). The maximum atomic E-state index is 2.48. The molecule has 0 fully saturated rings. The SMILES string of the molecule is c1ccc(-c2c3ccccc3c(-c3cccc(-c4cc5sc6c7ccccc7ccc6c5c5sc6ccccc6c45)c3)c3ccccc23)cc1. The highest BCUT2D eigenvalue weighted by atomic mass is 32.1. The molecule has 0 saturated heterocycles. The number of rotatable bonds is 3. The predicted molar refractivity (Wildman–Crippen MR) is 221 cm³/mol. The fraction of sp³-hybridized carbons (Fsp3) is 0. The molecule has 0 spiro atoms. The number of hydrogen-bond acceptors (Lipinski definition) is 2. The zero-order chi connectivity index (χ0) is 32.8. The molecule has 2 heteroatoms. The molecule has 9 aromatic carbocycles. The van der Waals surface area contributed by atoms with E-state index in [0.29, 0.717) is 0 Å². The lowest BCUT2D eigenvalue weighted by atomic mass is 9.85. The number of benzene rings is 9. The molecule has 0 aliphatic carbocycles. The van der Waals surface area contributed by atoms with Gasteiger partial charge in [-0.3, -0.25) is 0 Å². The molecule has 0 amide bonds. The summed E-state index contributed by atoms with van der Waals surface area (Å²) in [4.78, 5) is 0. The smallest absolute Gasteiger partial charge is 0.0454 e. The van der Waals surface area contributed by atoms with Crippen LogP contribution in [0.25, 0.3) is 106 Å². The zero-order valence-corrected chi connectivity index (χ0v) is 28.6. The van der Waals surface area contributed by atoms with E-state index >= 15 is 0 Å². The highest BCUT2D eigenvalue weighted by Gasteiger charge is 2.21. The third-order valence-corrected chi connectivity index (χ3v) is 12.8. The lowest BCUT2D eigenvalue weighted by Gasteiger charge is -2.18. The van der Waals surface area contributed by atoms with Crippen molar-refractivity contribution in [1.82, 2.24) is 0 Å². The first-order chi connectivity index (χ1) is 24.8. The summed E-state index contributed by atoms with van der Waals surface area (Å²) in [7, 11) is 0. The Labute approximate surface area is 297 Å². The van der Waals surface area contributed by atoms with Gasteiger partial charge in [-0.1, -0.05) is 152 Å². The van der Waals surface area contributed by atoms with Crippen LogP contribution in [0.4, 0.5) is 0 Å². The normalized spacial score (nSPS) is 12.0. The maximum absolute atomic E-state index is 2.48. The molecular weight excluding hydrogens is 641 g/mol. The van der Waals surface area contributed by atoms with E-state index < -0.39 is 0 Å². The summed E-state index contributed by atoms with van der Waals surface area (Å²) in [6.45, 7) is 0. The lowest BCUT2D eigenvalue weighted by molar-refractivity contribution is 1.64. The first-order valence-corrected chi connectivity index (χ1v) is 18.7. The van der Waals surface area contributed by atoms with Crippen LogP contribution in [0.2, 0.25) is 0 Å². The van der Waals surface area contributed by atoms with Gasteiger partial charge in [-0.15, -0.1) is 22.7 Å². The van der Waals surface area contributed by atoms with Crippen LogP contribution in [-0.4, -0.2) is 0 Å². The van der Waals surface area contributed by atoms with Crippen LogP contribution in [0, 0.1) is 0 Å². The quantitative estimate of drug-likeness (QED) is 0.164. The summed E-state index contributed by atoms with van der Waals surface area (Å²) in [5, 5.41) is 13.2. The Morgan fingerprint density at radius 3 is 1.60 bits per heavy atom. The van der Waals surface area contributed by atoms with E-state index in [2.05, 4.69) is 170 Å². The van der Waals surface area contributed by atoms with Crippen molar-refractivity contribution >= 4 is 95.3 Å². The van der Waals surface area contributed by atoms with Gasteiger partial charge in [0.2, 0.25) is 0 Å². The molecule has 0 nitrogen and oxygen atoms in total. The topological polar surface area (TPSA) is 0 Å². The monoisotopic (exact) mass is 668 g/mol. The van der Waals surface area contributed by atoms with Crippen LogP contribution < -0.4 is 0 Å². The van der Waals surface area contributed by atoms with Crippen LogP contribution in [0.5, 0.6) is 0 Å². The Hall–Kier alpha value is -5.80. The molecule has 2 aromatic heterocycles. The van der Waals surface area contributed by atoms with E-state index in [1.54, 1.807) is 0 Å². The first kappa shape index (κ1) is 28.1. The Morgan fingerprint density at radius 1 is 0.300 bits per heavy atom. The second kappa shape index (κ2) is 10.9. The average molecular weight is 669 g/mol. The Bertz CT molecular complexity index is 3080. The largest absolute Gasteiger partial charge is 0.134 e. The van der Waals surface area contributed by atoms with Gasteiger partial charge in [-0.05, 0) is 83.9 Å². The van der Waals surface area contributed by atoms with Gasteiger partial charge in [0.25, 0.3) is 0 Å². The molecule has 11 aromatic rings. The summed E-state index contributed by atoms with van der Waals surface area (Å²) in [6, 6.07) is 62.9. The molecule has 0 N–H and O–H groups in total. The second-order valence-corrected chi connectivity index (χ2v) is 15.3. The van der Waals surface area contributed by atoms with E-state index in [1.807, 2.05) is 22.7 Å². The van der Waals surface area contributed by atoms with Gasteiger partial charge in [0.15, 0.2) is 0 Å². The van der Waals surface area contributed by atoms with Crippen molar-refractivity contribution in [2.75, 3.05) is 0 Å². The fourth-order valence-corrected chi connectivity index (χ4v) is 10.9. The third-order valence-electron chi connectivity index (χ3n) is 10.4. The summed E-state index contributed by atoms with van der Waals surface area (Å²) in [6.07, 6.45) is 0. The van der Waals surface area contributed by atoms with Gasteiger partial charge in [0.1, 0.15) is 0 Å². The van der Waals surface area contributed by atoms with Gasteiger partial charge in [0, 0.05) is 40.3 Å². The van der Waals surface area contributed by atoms with Crippen molar-refractivity contribution in [3.8, 4) is 33.4 Å². The molecule has 0 unspecified atom stereocenters. The van der Waals surface area contributed by atoms with Crippen molar-refractivity contribution in [3.05, 3.63) is 170 Å². The summed E-state index contributed by atoms with van der Waals surface area (Å²) in [5.41, 5.74) is 7.63. The molecule has 0 aliphatic rings. The van der Waals surface area contributed by atoms with Gasteiger partial charge in [0.05, 0.1) is 0 Å². The van der Waals surface area contributed by atoms with Crippen LogP contribution in [-0.2, 0) is 0 Å². The molecule has 0 atom stereocenters. The Balaban J connectivity index is 1.22. The number of hydrogen-bond donors (Lipinski definition) is 0. The molecule has 0 bridgehead atoms. The van der Waals surface area contributed by atoms with Crippen molar-refractivity contribution in [2.24, 2.45) is 0 Å². The summed E-state index contributed by atoms with van der Waals surface area (Å²) >= 11 is 3.87. The van der Waals surface area contributed by atoms with E-state index in [4.69, 9.17) is 0 Å². The standard InChI is InChI=1S/C48H28S2/c1-2-14-30(15-3-1)43-34-19-6-8-21-36(34)44(37-22-9-7-20-35(37)43)32-17-12-16-31(27-32)40-28-42-46(48-45(40)38-23-10-11-24-41(38)49-48)39-26-25-29-13-4-5-18-33(29)47(39)50-42/h1-28H. The van der Waals surface area contributed by atoms with Crippen LogP contribution >= 0.6 is 22.7 Å². The summed E-state index contributed by atoms with van der Waals surface area (Å²) < 4.78 is 5.44. The number of fused-ring (bicyclic) bond motifs is 11. The number of thiophene rings is 2. The molecule has 232 valence electrons. The van der Waals surface area contributed by atoms with Crippen LogP contribution in [0.15, 0.2) is 170 Å². The van der Waals surface area contributed by atoms with Gasteiger partial charge in [-0.2, -0.15) is 0 Å². The van der Waals surface area contributed by atoms with Crippen molar-refractivity contribution in [2.45, 2.75) is 0 Å². The fourth-order valence-electron chi connectivity index (χ4n) is 8.30. The Morgan fingerprint density at radius 2 is 0.860 bits per heavy atom. The maximum Gasteiger partial charge on any atom is 0.0454 e. The second-order valence-electron chi connectivity index (χ2n) is 13.2. The van der Waals surface area contributed by atoms with E-state index in [9.17, 15) is 0 Å². The predicted octanol–water partition coefficient (Wildman–Crippen LogP) is 14.9. The molecule has 0 radical (unpaired) electrons. The van der Waals surface area contributed by atoms with Gasteiger partial charge < -0.3 is 0 Å². The first-order valence-electron chi connectivity index (χ1n) is 17.1. The average Bonchev–Trinajstić information content (AvgIpc) is 3.76. The van der Waals surface area contributed by atoms with E-state index in [-0.39, 0.29) is 0 Å². The minimum Gasteiger partial charge on any atom is -0.134 e. The van der Waals surface area contributed by atoms with Crippen molar-refractivity contribution < 1.29 is 0 Å². The highest BCUT2D eigenvalue weighted by Crippen LogP contribution is 2.50. The van der Waals surface area contributed by atoms with E-state index in [1.165, 1.54) is 106 Å². The third kappa shape index (κ3) is 4.04. The lowest BCUT2D eigenvalue weighted by Crippen LogP contribution is -1.91. The van der Waals surface area contributed by atoms with Crippen molar-refractivity contribution in [1.29, 1.82) is 0 Å². The molecule has 2 heterocycles. The highest BCUT2D eigenvalue weighted by molar-refractivity contribution is 7.30. The zero-order valence-electron chi connectivity index (χ0n) is 27.0. The van der Waals surface area contributed by atoms with Gasteiger partial charge in [-0.25, -0.2) is 0 Å². The van der Waals surface area contributed by atoms with Crippen molar-refractivity contribution in [3.63, 3.8) is 0 Å². The molecule has 0 saturated carbocycles. The summed E-state index contributed by atoms with van der Waals surface area (Å²) in [5.74, 6) is 0. The molecule has 50 heavy (non-hydrogen) atoms. The minimum atomic E-state index is 1.24. The molecular formula is C48H28S2. The van der Waals surface area contributed by atoms with Gasteiger partial charge >= 0.3 is 0 Å². The van der Waals surface area contributed by atoms with Crippen LogP contribution in [0.1, 0.15) is 0 Å². The Kier molecular flexibility index (Phi) is 6.09. The van der Waals surface area contributed by atoms with Crippen LogP contribution in [0.3, 0.4) is 0 Å². The minimum absolute atomic E-state index is 1.24.